The normalized spacial score (nSPS) is 20.6. The maximum absolute atomic E-state index is 13.1. The first-order valence-electron chi connectivity index (χ1n) is 8.37. The number of fused-ring (bicyclic) bond motifs is 1. The molecule has 24 heavy (non-hydrogen) atoms. The summed E-state index contributed by atoms with van der Waals surface area (Å²) in [5, 5.41) is 0. The molecule has 126 valence electrons. The Hall–Kier alpha value is -2.21. The second-order valence-electron chi connectivity index (χ2n) is 6.71. The van der Waals surface area contributed by atoms with Gasteiger partial charge in [0, 0.05) is 39.8 Å². The van der Waals surface area contributed by atoms with Crippen molar-refractivity contribution in [3.63, 3.8) is 0 Å². The molecule has 0 saturated carbocycles. The van der Waals surface area contributed by atoms with E-state index in [1.165, 1.54) is 12.1 Å². The number of halogens is 1. The Balaban J connectivity index is 1.58. The molecule has 6 heteroatoms. The van der Waals surface area contributed by atoms with Gasteiger partial charge in [0.2, 0.25) is 5.91 Å². The van der Waals surface area contributed by atoms with Gasteiger partial charge in [-0.3, -0.25) is 9.69 Å². The van der Waals surface area contributed by atoms with Crippen LogP contribution in [0.2, 0.25) is 0 Å². The molecule has 1 aromatic carbocycles. The minimum atomic E-state index is -0.227. The molecule has 2 aliphatic rings. The molecule has 1 saturated heterocycles. The molecule has 1 aromatic heterocycles. The molecule has 3 heterocycles. The van der Waals surface area contributed by atoms with Crippen LogP contribution in [-0.2, 0) is 24.9 Å². The number of hydrogen-bond donors (Lipinski definition) is 0. The van der Waals surface area contributed by atoms with Gasteiger partial charge in [-0.05, 0) is 24.1 Å². The van der Waals surface area contributed by atoms with Crippen LogP contribution in [-0.4, -0.2) is 44.9 Å². The van der Waals surface area contributed by atoms with Crippen molar-refractivity contribution < 1.29 is 9.18 Å². The topological polar surface area (TPSA) is 41.4 Å². The largest absolute Gasteiger partial charge is 0.342 e. The summed E-state index contributed by atoms with van der Waals surface area (Å²) in [6.45, 7) is 3.82. The predicted octanol–water partition coefficient (Wildman–Crippen LogP) is 1.89. The van der Waals surface area contributed by atoms with E-state index in [0.29, 0.717) is 13.1 Å². The van der Waals surface area contributed by atoms with Gasteiger partial charge in [0.1, 0.15) is 5.82 Å². The lowest BCUT2D eigenvalue weighted by atomic mass is 9.95. The van der Waals surface area contributed by atoms with Gasteiger partial charge in [0.15, 0.2) is 0 Å². The molecule has 2 aliphatic heterocycles. The number of nitrogens with zero attached hydrogens (tertiary/aromatic N) is 4. The van der Waals surface area contributed by atoms with Crippen molar-refractivity contribution >= 4 is 5.91 Å². The van der Waals surface area contributed by atoms with Crippen LogP contribution in [0.5, 0.6) is 0 Å². The van der Waals surface area contributed by atoms with Gasteiger partial charge < -0.3 is 9.47 Å². The molecule has 1 fully saturated rings. The van der Waals surface area contributed by atoms with Crippen molar-refractivity contribution in [1.82, 2.24) is 19.4 Å². The third-order valence-electron chi connectivity index (χ3n) is 4.99. The van der Waals surface area contributed by atoms with Gasteiger partial charge in [-0.15, -0.1) is 0 Å². The third-order valence-corrected chi connectivity index (χ3v) is 4.99. The molecule has 1 amide bonds. The van der Waals surface area contributed by atoms with Gasteiger partial charge in [-0.2, -0.15) is 0 Å². The second-order valence-corrected chi connectivity index (χ2v) is 6.71. The molecule has 0 radical (unpaired) electrons. The number of imidazole rings is 1. The van der Waals surface area contributed by atoms with Crippen LogP contribution in [0.3, 0.4) is 0 Å². The SMILES string of the molecule is Cn1cnc2c1C(C(=O)N1CCC1)CN(Cc1ccc(F)cc1)C2. The Morgan fingerprint density at radius 2 is 2.04 bits per heavy atom. The Bertz CT molecular complexity index is 751. The molecule has 0 bridgehead atoms. The number of hydrogen-bond acceptors (Lipinski definition) is 3. The molecule has 0 N–H and O–H groups in total. The summed E-state index contributed by atoms with van der Waals surface area (Å²) in [5.41, 5.74) is 3.07. The van der Waals surface area contributed by atoms with Crippen molar-refractivity contribution in [3.05, 3.63) is 53.4 Å². The lowest BCUT2D eigenvalue weighted by molar-refractivity contribution is -0.137. The first-order chi connectivity index (χ1) is 11.6. The summed E-state index contributed by atoms with van der Waals surface area (Å²) in [6, 6.07) is 6.56. The van der Waals surface area contributed by atoms with E-state index in [-0.39, 0.29) is 17.6 Å². The van der Waals surface area contributed by atoms with Gasteiger partial charge in [-0.1, -0.05) is 12.1 Å². The third kappa shape index (κ3) is 2.71. The molecular formula is C18H21FN4O. The molecule has 2 aromatic rings. The number of benzene rings is 1. The van der Waals surface area contributed by atoms with Crippen LogP contribution in [0.4, 0.5) is 4.39 Å². The maximum Gasteiger partial charge on any atom is 0.233 e. The Morgan fingerprint density at radius 3 is 2.71 bits per heavy atom. The first kappa shape index (κ1) is 15.3. The fraction of sp³-hybridized carbons (Fsp3) is 0.444. The smallest absolute Gasteiger partial charge is 0.233 e. The minimum absolute atomic E-state index is 0.165. The van der Waals surface area contributed by atoms with Gasteiger partial charge in [-0.25, -0.2) is 9.37 Å². The van der Waals surface area contributed by atoms with Gasteiger partial charge in [0.05, 0.1) is 23.6 Å². The second kappa shape index (κ2) is 6.02. The fourth-order valence-corrected chi connectivity index (χ4v) is 3.60. The Kier molecular flexibility index (Phi) is 3.84. The minimum Gasteiger partial charge on any atom is -0.342 e. The van der Waals surface area contributed by atoms with Gasteiger partial charge in [0.25, 0.3) is 0 Å². The number of carbonyl (C=O) groups excluding carboxylic acids is 1. The summed E-state index contributed by atoms with van der Waals surface area (Å²) < 4.78 is 15.1. The van der Waals surface area contributed by atoms with Crippen molar-refractivity contribution in [2.24, 2.45) is 7.05 Å². The molecule has 0 aliphatic carbocycles. The predicted molar refractivity (Wildman–Crippen MR) is 87.7 cm³/mol. The van der Waals surface area contributed by atoms with Crippen LogP contribution < -0.4 is 0 Å². The molecule has 4 rings (SSSR count). The fourth-order valence-electron chi connectivity index (χ4n) is 3.60. The van der Waals surface area contributed by atoms with Crippen LogP contribution in [0.1, 0.15) is 29.3 Å². The molecule has 0 spiro atoms. The zero-order chi connectivity index (χ0) is 16.7. The van der Waals surface area contributed by atoms with Crippen molar-refractivity contribution in [2.45, 2.75) is 25.4 Å². The number of rotatable bonds is 3. The van der Waals surface area contributed by atoms with E-state index in [9.17, 15) is 9.18 Å². The molecule has 5 nitrogen and oxygen atoms in total. The first-order valence-corrected chi connectivity index (χ1v) is 8.37. The number of amides is 1. The lowest BCUT2D eigenvalue weighted by Crippen LogP contribution is -2.48. The number of carbonyl (C=O) groups is 1. The quantitative estimate of drug-likeness (QED) is 0.864. The van der Waals surface area contributed by atoms with Gasteiger partial charge >= 0.3 is 0 Å². The summed E-state index contributed by atoms with van der Waals surface area (Å²) in [7, 11) is 1.96. The maximum atomic E-state index is 13.1. The van der Waals surface area contributed by atoms with E-state index in [1.54, 1.807) is 18.5 Å². The summed E-state index contributed by atoms with van der Waals surface area (Å²) in [5.74, 6) is -0.188. The standard InChI is InChI=1S/C18H21FN4O/c1-21-12-20-16-11-22(9-13-3-5-14(19)6-4-13)10-15(17(16)21)18(24)23-7-2-8-23/h3-6,12,15H,2,7-11H2,1H3. The highest BCUT2D eigenvalue weighted by atomic mass is 19.1. The number of aromatic nitrogens is 2. The highest BCUT2D eigenvalue weighted by molar-refractivity contribution is 5.84. The monoisotopic (exact) mass is 328 g/mol. The number of aryl methyl sites for hydroxylation is 1. The van der Waals surface area contributed by atoms with E-state index in [0.717, 1.165) is 43.0 Å². The van der Waals surface area contributed by atoms with Crippen LogP contribution in [0, 0.1) is 5.82 Å². The van der Waals surface area contributed by atoms with Crippen molar-refractivity contribution in [3.8, 4) is 0 Å². The van der Waals surface area contributed by atoms with Crippen LogP contribution in [0.15, 0.2) is 30.6 Å². The highest BCUT2D eigenvalue weighted by Crippen LogP contribution is 2.31. The van der Waals surface area contributed by atoms with E-state index < -0.39 is 0 Å². The van der Waals surface area contributed by atoms with Crippen molar-refractivity contribution in [1.29, 1.82) is 0 Å². The van der Waals surface area contributed by atoms with E-state index >= 15 is 0 Å². The summed E-state index contributed by atoms with van der Waals surface area (Å²) in [4.78, 5) is 21.5. The summed E-state index contributed by atoms with van der Waals surface area (Å²) >= 11 is 0. The molecule has 1 atom stereocenters. The molecule has 1 unspecified atom stereocenters. The van der Waals surface area contributed by atoms with E-state index in [1.807, 2.05) is 16.5 Å². The van der Waals surface area contributed by atoms with Crippen molar-refractivity contribution in [2.75, 3.05) is 19.6 Å². The van der Waals surface area contributed by atoms with E-state index in [4.69, 9.17) is 0 Å². The number of likely N-dealkylation sites (tertiary alicyclic amines) is 1. The van der Waals surface area contributed by atoms with Crippen LogP contribution >= 0.6 is 0 Å². The van der Waals surface area contributed by atoms with E-state index in [2.05, 4.69) is 9.88 Å². The molecular weight excluding hydrogens is 307 g/mol. The Labute approximate surface area is 140 Å². The summed E-state index contributed by atoms with van der Waals surface area (Å²) in [6.07, 6.45) is 2.89. The highest BCUT2D eigenvalue weighted by Gasteiger charge is 2.37. The lowest BCUT2D eigenvalue weighted by Gasteiger charge is -2.38. The Morgan fingerprint density at radius 1 is 1.29 bits per heavy atom. The average molecular weight is 328 g/mol. The average Bonchev–Trinajstić information content (AvgIpc) is 2.88. The zero-order valence-electron chi connectivity index (χ0n) is 13.8. The van der Waals surface area contributed by atoms with Crippen LogP contribution in [0.25, 0.3) is 0 Å². The zero-order valence-corrected chi connectivity index (χ0v) is 13.8.